The first-order chi connectivity index (χ1) is 29.0. The van der Waals surface area contributed by atoms with E-state index in [1.807, 2.05) is 73.8 Å². The summed E-state index contributed by atoms with van der Waals surface area (Å²) in [4.78, 5) is 57.0. The van der Waals surface area contributed by atoms with Crippen molar-refractivity contribution in [2.45, 2.75) is 83.3 Å². The van der Waals surface area contributed by atoms with Crippen LogP contribution >= 0.6 is 0 Å². The molecule has 0 bridgehead atoms. The van der Waals surface area contributed by atoms with Gasteiger partial charge in [-0.1, -0.05) is 85.8 Å². The Balaban J connectivity index is 0.832. The number of aromatic hydroxyl groups is 1. The topological polar surface area (TPSA) is 152 Å². The molecule has 1 aliphatic rings. The number of aliphatic hydroxyl groups excluding tert-OH is 1. The lowest BCUT2D eigenvalue weighted by Gasteiger charge is -2.31. The monoisotopic (exact) mass is 814 g/mol. The largest absolute Gasteiger partial charge is 0.506 e. The molecule has 2 heterocycles. The van der Waals surface area contributed by atoms with Gasteiger partial charge < -0.3 is 29.7 Å². The average molecular weight is 815 g/mol. The van der Waals surface area contributed by atoms with Crippen LogP contribution in [-0.2, 0) is 27.2 Å². The van der Waals surface area contributed by atoms with Crippen molar-refractivity contribution in [3.8, 4) is 16.9 Å². The summed E-state index contributed by atoms with van der Waals surface area (Å²) in [6, 6.07) is 32.0. The van der Waals surface area contributed by atoms with E-state index < -0.39 is 12.2 Å². The number of aromatic amines is 1. The Morgan fingerprint density at radius 2 is 1.63 bits per heavy atom. The third kappa shape index (κ3) is 12.6. The summed E-state index contributed by atoms with van der Waals surface area (Å²) in [6.07, 6.45) is 4.93. The lowest BCUT2D eigenvalue weighted by atomic mass is 9.91. The normalized spacial score (nSPS) is 14.4. The number of amides is 2. The molecule has 0 radical (unpaired) electrons. The number of anilines is 1. The molecule has 4 N–H and O–H groups in total. The number of fused-ring (bicyclic) bond motifs is 1. The Bertz CT molecular complexity index is 2270. The SMILES string of the molecule is C[C@H](CC[C@H](O)c1ccc(O)c2[nH]c(=O)ccc12)Cc1cccc(CC(=O)CCCCN(C)C(=O)CCN2CCC(OC(=O)Nc3ccccc3-c3ccccc3)CC2)c1. The molecule has 0 spiro atoms. The van der Waals surface area contributed by atoms with Crippen molar-refractivity contribution in [1.82, 2.24) is 14.8 Å². The van der Waals surface area contributed by atoms with Gasteiger partial charge in [0.15, 0.2) is 0 Å². The van der Waals surface area contributed by atoms with Gasteiger partial charge in [-0.25, -0.2) is 4.79 Å². The van der Waals surface area contributed by atoms with Crippen LogP contribution in [-0.4, -0.2) is 82.1 Å². The van der Waals surface area contributed by atoms with Crippen LogP contribution < -0.4 is 10.9 Å². The number of unbranched alkanes of at least 4 members (excludes halogenated alkanes) is 1. The number of rotatable bonds is 19. The number of ketones is 1. The van der Waals surface area contributed by atoms with Crippen LogP contribution in [0, 0.1) is 5.92 Å². The number of carbonyl (C=O) groups excluding carboxylic acids is 3. The molecule has 4 aromatic carbocycles. The van der Waals surface area contributed by atoms with Crippen LogP contribution in [0.15, 0.2) is 108 Å². The molecule has 5 aromatic rings. The summed E-state index contributed by atoms with van der Waals surface area (Å²) in [5.74, 6) is 0.528. The van der Waals surface area contributed by atoms with E-state index >= 15 is 0 Å². The molecule has 316 valence electrons. The van der Waals surface area contributed by atoms with E-state index in [4.69, 9.17) is 4.74 Å². The molecule has 1 aliphatic heterocycles. The average Bonchev–Trinajstić information content (AvgIpc) is 3.24. The Labute approximate surface area is 352 Å². The zero-order valence-corrected chi connectivity index (χ0v) is 34.8. The summed E-state index contributed by atoms with van der Waals surface area (Å²) in [5, 5.41) is 24.7. The van der Waals surface area contributed by atoms with Gasteiger partial charge in [0, 0.05) is 69.5 Å². The molecular weight excluding hydrogens is 757 g/mol. The van der Waals surface area contributed by atoms with E-state index in [0.29, 0.717) is 73.8 Å². The smallest absolute Gasteiger partial charge is 0.411 e. The second kappa shape index (κ2) is 21.5. The number of pyridine rings is 1. The van der Waals surface area contributed by atoms with Crippen molar-refractivity contribution in [2.75, 3.05) is 38.5 Å². The van der Waals surface area contributed by atoms with E-state index in [0.717, 1.165) is 61.0 Å². The number of hydrogen-bond donors (Lipinski definition) is 4. The van der Waals surface area contributed by atoms with Gasteiger partial charge in [0.05, 0.1) is 17.3 Å². The van der Waals surface area contributed by atoms with Crippen molar-refractivity contribution in [3.05, 3.63) is 130 Å². The maximum Gasteiger partial charge on any atom is 0.411 e. The highest BCUT2D eigenvalue weighted by Crippen LogP contribution is 2.32. The quantitative estimate of drug-likeness (QED) is 0.0607. The first kappa shape index (κ1) is 43.8. The van der Waals surface area contributed by atoms with Crippen LogP contribution in [0.25, 0.3) is 22.0 Å². The second-order valence-corrected chi connectivity index (χ2v) is 16.2. The lowest BCUT2D eigenvalue weighted by molar-refractivity contribution is -0.130. The Morgan fingerprint density at radius 3 is 2.43 bits per heavy atom. The highest BCUT2D eigenvalue weighted by atomic mass is 16.6. The van der Waals surface area contributed by atoms with E-state index in [1.165, 1.54) is 12.1 Å². The summed E-state index contributed by atoms with van der Waals surface area (Å²) in [6.45, 7) is 4.93. The van der Waals surface area contributed by atoms with Crippen molar-refractivity contribution >= 4 is 34.4 Å². The van der Waals surface area contributed by atoms with Crippen LogP contribution in [0.4, 0.5) is 10.5 Å². The molecule has 11 nitrogen and oxygen atoms in total. The third-order valence-corrected chi connectivity index (χ3v) is 11.5. The number of aromatic nitrogens is 1. The Hall–Kier alpha value is -5.78. The molecule has 0 unspecified atom stereocenters. The molecule has 1 fully saturated rings. The maximum absolute atomic E-state index is 12.9. The van der Waals surface area contributed by atoms with Crippen LogP contribution in [0.3, 0.4) is 0 Å². The third-order valence-electron chi connectivity index (χ3n) is 11.5. The lowest BCUT2D eigenvalue weighted by Crippen LogP contribution is -2.40. The highest BCUT2D eigenvalue weighted by molar-refractivity contribution is 5.91. The fourth-order valence-electron chi connectivity index (χ4n) is 8.08. The number of benzene rings is 4. The molecule has 6 rings (SSSR count). The van der Waals surface area contributed by atoms with Gasteiger partial charge in [0.1, 0.15) is 17.6 Å². The fourth-order valence-corrected chi connectivity index (χ4v) is 8.08. The van der Waals surface area contributed by atoms with Crippen LogP contribution in [0.5, 0.6) is 5.75 Å². The minimum Gasteiger partial charge on any atom is -0.506 e. The number of nitrogens with one attached hydrogen (secondary N) is 2. The number of phenols is 1. The van der Waals surface area contributed by atoms with Crippen LogP contribution in [0.1, 0.15) is 81.1 Å². The molecule has 2 atom stereocenters. The summed E-state index contributed by atoms with van der Waals surface area (Å²) >= 11 is 0. The maximum atomic E-state index is 12.9. The van der Waals surface area contributed by atoms with Gasteiger partial charge in [-0.2, -0.15) is 0 Å². The minimum atomic E-state index is -0.739. The van der Waals surface area contributed by atoms with Gasteiger partial charge in [-0.15, -0.1) is 0 Å². The highest BCUT2D eigenvalue weighted by Gasteiger charge is 2.24. The van der Waals surface area contributed by atoms with Crippen molar-refractivity contribution in [3.63, 3.8) is 0 Å². The molecule has 11 heteroatoms. The number of ether oxygens (including phenoxy) is 1. The van der Waals surface area contributed by atoms with Crippen molar-refractivity contribution in [1.29, 1.82) is 0 Å². The van der Waals surface area contributed by atoms with Crippen molar-refractivity contribution in [2.24, 2.45) is 5.92 Å². The predicted molar refractivity (Wildman–Crippen MR) is 236 cm³/mol. The zero-order chi connectivity index (χ0) is 42.4. The van der Waals surface area contributed by atoms with Gasteiger partial charge in [0.2, 0.25) is 11.5 Å². The molecule has 0 aliphatic carbocycles. The number of nitrogens with zero attached hydrogens (tertiary/aromatic N) is 2. The fraction of sp³-hybridized carbons (Fsp3) is 0.388. The van der Waals surface area contributed by atoms with Gasteiger partial charge in [0.25, 0.3) is 0 Å². The number of H-pyrrole nitrogens is 1. The number of Topliss-reactive ketones (excluding diaryl/α,β-unsaturated/α-hetero) is 1. The summed E-state index contributed by atoms with van der Waals surface area (Å²) < 4.78 is 5.77. The first-order valence-corrected chi connectivity index (χ1v) is 21.2. The molecule has 1 aromatic heterocycles. The predicted octanol–water partition coefficient (Wildman–Crippen LogP) is 8.44. The number of likely N-dealkylation sites (tertiary alicyclic amines) is 1. The van der Waals surface area contributed by atoms with Gasteiger partial charge in [-0.05, 0) is 91.3 Å². The standard InChI is InChI=1S/C49H58N4O7/c1-34(18-21-44(55)41-19-22-45(56)48-42(41)20-23-46(57)51-48)31-35-11-10-12-36(32-35)33-38(54)15-8-9-27-52(2)47(58)26-30-53-28-24-39(25-29-53)60-49(59)50-43-17-7-6-16-40(43)37-13-4-3-5-14-37/h3-7,10-14,16-17,19-20,22-23,32,34,39,44,55-56H,8-9,15,18,21,24-31,33H2,1-2H3,(H,50,59)(H,51,57)/t34-,44+/m1/s1. The Kier molecular flexibility index (Phi) is 15.7. The zero-order valence-electron chi connectivity index (χ0n) is 34.8. The number of aliphatic hydroxyl groups is 1. The number of hydrogen-bond acceptors (Lipinski definition) is 8. The van der Waals surface area contributed by atoms with Crippen molar-refractivity contribution < 1.29 is 29.3 Å². The van der Waals surface area contributed by atoms with Gasteiger partial charge in [-0.3, -0.25) is 19.7 Å². The Morgan fingerprint density at radius 1 is 0.883 bits per heavy atom. The number of carbonyl (C=O) groups is 3. The molecule has 0 saturated carbocycles. The van der Waals surface area contributed by atoms with E-state index in [1.54, 1.807) is 17.0 Å². The van der Waals surface area contributed by atoms with E-state index in [-0.39, 0.29) is 35.0 Å². The minimum absolute atomic E-state index is 0.0278. The van der Waals surface area contributed by atoms with E-state index in [9.17, 15) is 29.4 Å². The summed E-state index contributed by atoms with van der Waals surface area (Å²) in [5.41, 5.74) is 5.49. The number of piperidine rings is 1. The van der Waals surface area contributed by atoms with Crippen LogP contribution in [0.2, 0.25) is 0 Å². The number of phenolic OH excluding ortho intramolecular Hbond substituents is 1. The number of para-hydroxylation sites is 1. The molecule has 2 amide bonds. The first-order valence-electron chi connectivity index (χ1n) is 21.2. The summed E-state index contributed by atoms with van der Waals surface area (Å²) in [7, 11) is 1.82. The van der Waals surface area contributed by atoms with Gasteiger partial charge >= 0.3 is 6.09 Å². The molecule has 1 saturated heterocycles. The molecule has 60 heavy (non-hydrogen) atoms. The second-order valence-electron chi connectivity index (χ2n) is 16.2. The molecular formula is C49H58N4O7. The van der Waals surface area contributed by atoms with E-state index in [2.05, 4.69) is 34.3 Å².